The molecule has 3 N–H and O–H groups in total. The highest BCUT2D eigenvalue weighted by atomic mass is 79.9. The lowest BCUT2D eigenvalue weighted by molar-refractivity contribution is -0.0305. The molecule has 1 aliphatic heterocycles. The minimum atomic E-state index is -1.66. The molecule has 0 aromatic heterocycles. The second-order valence-corrected chi connectivity index (χ2v) is 5.87. The minimum absolute atomic E-state index is 0.321. The molecular weight excluding hydrogens is 340 g/mol. The van der Waals surface area contributed by atoms with Crippen LogP contribution in [0.25, 0.3) is 0 Å². The van der Waals surface area contributed by atoms with Gasteiger partial charge in [-0.15, -0.1) is 0 Å². The van der Waals surface area contributed by atoms with E-state index < -0.39 is 45.5 Å². The number of hydrogen-bond donors (Lipinski definition) is 3. The Balaban J connectivity index is 2.82. The molecule has 0 radical (unpaired) electrons. The maximum Gasteiger partial charge on any atom is 0.412 e. The predicted molar refractivity (Wildman–Crippen MR) is 69.6 cm³/mol. The standard InChI is InChI=1S/C12H12BrF2NO4/c1-12(2)10(18)9(17)6-5(16(12)11(19)20)3-4(14)7(13)8(6)15/h3,9-10,17-18H,1-2H3,(H,19,20). The molecule has 1 aliphatic rings. The topological polar surface area (TPSA) is 81.0 Å². The van der Waals surface area contributed by atoms with E-state index in [2.05, 4.69) is 15.9 Å². The molecule has 110 valence electrons. The van der Waals surface area contributed by atoms with Crippen molar-refractivity contribution in [2.45, 2.75) is 31.6 Å². The van der Waals surface area contributed by atoms with Gasteiger partial charge in [-0.25, -0.2) is 13.6 Å². The zero-order chi connectivity index (χ0) is 15.4. The Kier molecular flexibility index (Phi) is 3.52. The molecule has 1 aromatic carbocycles. The van der Waals surface area contributed by atoms with E-state index >= 15 is 0 Å². The van der Waals surface area contributed by atoms with Gasteiger partial charge in [-0.05, 0) is 35.8 Å². The van der Waals surface area contributed by atoms with Crippen LogP contribution in [0.5, 0.6) is 0 Å². The summed E-state index contributed by atoms with van der Waals surface area (Å²) in [6.07, 6.45) is -4.70. The van der Waals surface area contributed by atoms with Gasteiger partial charge in [0, 0.05) is 5.56 Å². The molecule has 0 aliphatic carbocycles. The molecule has 8 heteroatoms. The molecule has 5 nitrogen and oxygen atoms in total. The summed E-state index contributed by atoms with van der Waals surface area (Å²) in [5, 5.41) is 29.3. The van der Waals surface area contributed by atoms with Crippen LogP contribution in [0, 0.1) is 11.6 Å². The Bertz CT molecular complexity index is 593. The van der Waals surface area contributed by atoms with Gasteiger partial charge in [0.05, 0.1) is 15.7 Å². The van der Waals surface area contributed by atoms with Crippen LogP contribution in [0.15, 0.2) is 10.5 Å². The fraction of sp³-hybridized carbons (Fsp3) is 0.417. The molecule has 2 atom stereocenters. The first-order valence-electron chi connectivity index (χ1n) is 5.67. The number of anilines is 1. The Morgan fingerprint density at radius 2 is 1.95 bits per heavy atom. The highest BCUT2D eigenvalue weighted by Gasteiger charge is 2.50. The third-order valence-corrected chi connectivity index (χ3v) is 4.23. The van der Waals surface area contributed by atoms with Crippen LogP contribution in [0.3, 0.4) is 0 Å². The van der Waals surface area contributed by atoms with E-state index in [1.165, 1.54) is 13.8 Å². The molecular formula is C12H12BrF2NO4. The van der Waals surface area contributed by atoms with E-state index in [0.717, 1.165) is 6.07 Å². The summed E-state index contributed by atoms with van der Waals surface area (Å²) < 4.78 is 27.2. The van der Waals surface area contributed by atoms with Gasteiger partial charge in [-0.3, -0.25) is 4.90 Å². The molecule has 0 saturated carbocycles. The van der Waals surface area contributed by atoms with Gasteiger partial charge in [0.25, 0.3) is 0 Å². The molecule has 2 unspecified atom stereocenters. The van der Waals surface area contributed by atoms with Crippen molar-refractivity contribution >= 4 is 27.7 Å². The van der Waals surface area contributed by atoms with Crippen LogP contribution in [-0.4, -0.2) is 33.1 Å². The van der Waals surface area contributed by atoms with Gasteiger partial charge < -0.3 is 15.3 Å². The third-order valence-electron chi connectivity index (χ3n) is 3.51. The zero-order valence-corrected chi connectivity index (χ0v) is 12.1. The molecule has 0 saturated heterocycles. The number of benzene rings is 1. The number of nitrogens with zero attached hydrogens (tertiary/aromatic N) is 1. The molecule has 0 bridgehead atoms. The number of hydrogen-bond acceptors (Lipinski definition) is 3. The SMILES string of the molecule is CC1(C)C(O)C(O)c2c(cc(F)c(Br)c2F)N1C(=O)O. The maximum atomic E-state index is 14.1. The molecule has 1 amide bonds. The first kappa shape index (κ1) is 15.1. The van der Waals surface area contributed by atoms with Crippen molar-refractivity contribution in [3.63, 3.8) is 0 Å². The summed E-state index contributed by atoms with van der Waals surface area (Å²) >= 11 is 2.68. The van der Waals surface area contributed by atoms with E-state index in [9.17, 15) is 28.9 Å². The normalized spacial score (nSPS) is 24.4. The van der Waals surface area contributed by atoms with Crippen molar-refractivity contribution in [3.05, 3.63) is 27.7 Å². The van der Waals surface area contributed by atoms with Crippen LogP contribution in [-0.2, 0) is 0 Å². The summed E-state index contributed by atoms with van der Waals surface area (Å²) in [6.45, 7) is 2.71. The van der Waals surface area contributed by atoms with Crippen LogP contribution in [0.2, 0.25) is 0 Å². The van der Waals surface area contributed by atoms with Gasteiger partial charge in [-0.2, -0.15) is 0 Å². The molecule has 2 rings (SSSR count). The number of aliphatic hydroxyl groups excluding tert-OH is 2. The van der Waals surface area contributed by atoms with Crippen LogP contribution >= 0.6 is 15.9 Å². The summed E-state index contributed by atoms with van der Waals surface area (Å²) in [6, 6.07) is 0.813. The van der Waals surface area contributed by atoms with Crippen molar-refractivity contribution in [2.24, 2.45) is 0 Å². The largest absolute Gasteiger partial charge is 0.465 e. The van der Waals surface area contributed by atoms with E-state index in [-0.39, 0.29) is 5.69 Å². The van der Waals surface area contributed by atoms with E-state index in [1.54, 1.807) is 0 Å². The highest BCUT2D eigenvalue weighted by molar-refractivity contribution is 9.10. The van der Waals surface area contributed by atoms with Crippen molar-refractivity contribution in [3.8, 4) is 0 Å². The van der Waals surface area contributed by atoms with Crippen LogP contribution in [0.1, 0.15) is 25.5 Å². The Morgan fingerprint density at radius 1 is 1.40 bits per heavy atom. The molecule has 1 aromatic rings. The van der Waals surface area contributed by atoms with Crippen LogP contribution in [0.4, 0.5) is 19.3 Å². The monoisotopic (exact) mass is 351 g/mol. The lowest BCUT2D eigenvalue weighted by Crippen LogP contribution is -2.60. The fourth-order valence-corrected chi connectivity index (χ4v) is 2.73. The number of halogens is 3. The summed E-state index contributed by atoms with van der Waals surface area (Å²) in [5.41, 5.74) is -2.21. The third kappa shape index (κ3) is 1.90. The number of carboxylic acid groups (broad SMARTS) is 1. The predicted octanol–water partition coefficient (Wildman–Crippen LogP) is 2.40. The lowest BCUT2D eigenvalue weighted by Gasteiger charge is -2.47. The van der Waals surface area contributed by atoms with Gasteiger partial charge in [0.2, 0.25) is 0 Å². The van der Waals surface area contributed by atoms with Crippen molar-refractivity contribution in [1.82, 2.24) is 0 Å². The zero-order valence-electron chi connectivity index (χ0n) is 10.6. The highest BCUT2D eigenvalue weighted by Crippen LogP contribution is 2.45. The van der Waals surface area contributed by atoms with Gasteiger partial charge >= 0.3 is 6.09 Å². The van der Waals surface area contributed by atoms with E-state index in [0.29, 0.717) is 4.90 Å². The summed E-state index contributed by atoms with van der Waals surface area (Å²) in [4.78, 5) is 12.0. The number of fused-ring (bicyclic) bond motifs is 1. The Morgan fingerprint density at radius 3 is 2.45 bits per heavy atom. The first-order chi connectivity index (χ1) is 9.10. The molecule has 0 fully saturated rings. The van der Waals surface area contributed by atoms with Crippen LogP contribution < -0.4 is 4.90 Å². The number of rotatable bonds is 0. The van der Waals surface area contributed by atoms with E-state index in [1.807, 2.05) is 0 Å². The maximum absolute atomic E-state index is 14.1. The lowest BCUT2D eigenvalue weighted by atomic mass is 9.82. The van der Waals surface area contributed by atoms with Gasteiger partial charge in [0.15, 0.2) is 0 Å². The summed E-state index contributed by atoms with van der Waals surface area (Å²) in [5.74, 6) is -2.12. The fourth-order valence-electron chi connectivity index (χ4n) is 2.40. The number of carbonyl (C=O) groups is 1. The van der Waals surface area contributed by atoms with Gasteiger partial charge in [0.1, 0.15) is 23.8 Å². The number of aliphatic hydroxyl groups is 2. The molecule has 20 heavy (non-hydrogen) atoms. The smallest absolute Gasteiger partial charge is 0.412 e. The van der Waals surface area contributed by atoms with Gasteiger partial charge in [-0.1, -0.05) is 0 Å². The molecule has 0 spiro atoms. The molecule has 1 heterocycles. The van der Waals surface area contributed by atoms with Crippen molar-refractivity contribution < 1.29 is 28.9 Å². The van der Waals surface area contributed by atoms with Crippen molar-refractivity contribution in [1.29, 1.82) is 0 Å². The number of amides is 1. The summed E-state index contributed by atoms with van der Waals surface area (Å²) in [7, 11) is 0. The Labute approximate surface area is 121 Å². The first-order valence-corrected chi connectivity index (χ1v) is 6.46. The average Bonchev–Trinajstić information content (AvgIpc) is 2.32. The average molecular weight is 352 g/mol. The van der Waals surface area contributed by atoms with E-state index in [4.69, 9.17) is 0 Å². The minimum Gasteiger partial charge on any atom is -0.465 e. The quantitative estimate of drug-likeness (QED) is 0.627. The Hall–Kier alpha value is -1.25. The second kappa shape index (κ2) is 4.64. The van der Waals surface area contributed by atoms with Crippen molar-refractivity contribution in [2.75, 3.05) is 4.90 Å². The second-order valence-electron chi connectivity index (χ2n) is 5.08.